The van der Waals surface area contributed by atoms with E-state index in [2.05, 4.69) is 31.4 Å². The summed E-state index contributed by atoms with van der Waals surface area (Å²) in [6.45, 7) is 6.02. The molecule has 1 heterocycles. The molecule has 1 aromatic rings. The fourth-order valence-corrected chi connectivity index (χ4v) is 6.42. The Morgan fingerprint density at radius 2 is 1.87 bits per heavy atom. The van der Waals surface area contributed by atoms with Gasteiger partial charge >= 0.3 is 6.03 Å². The second kappa shape index (κ2) is 8.61. The molecule has 0 bridgehead atoms. The monoisotopic (exact) mass is 449 g/mol. The van der Waals surface area contributed by atoms with Gasteiger partial charge in [-0.25, -0.2) is 13.2 Å². The number of imide groups is 1. The number of nitrogens with one attached hydrogen (secondary N) is 2. The van der Waals surface area contributed by atoms with Crippen molar-refractivity contribution in [3.05, 3.63) is 30.3 Å². The molecular formula is C22H31N3O5S. The van der Waals surface area contributed by atoms with E-state index in [1.807, 2.05) is 0 Å². The third kappa shape index (κ3) is 5.26. The molecule has 1 aliphatic carbocycles. The zero-order chi connectivity index (χ0) is 22.9. The van der Waals surface area contributed by atoms with E-state index < -0.39 is 27.3 Å². The summed E-state index contributed by atoms with van der Waals surface area (Å²) in [7, 11) is -3.41. The van der Waals surface area contributed by atoms with Gasteiger partial charge in [0.25, 0.3) is 5.91 Å². The van der Waals surface area contributed by atoms with Crippen LogP contribution in [0.4, 0.5) is 4.79 Å². The highest BCUT2D eigenvalue weighted by Gasteiger charge is 2.56. The Kier molecular flexibility index (Phi) is 6.45. The molecule has 3 rings (SSSR count). The predicted octanol–water partition coefficient (Wildman–Crippen LogP) is 2.10. The lowest BCUT2D eigenvalue weighted by Crippen LogP contribution is -2.54. The fraction of sp³-hybridized carbons (Fsp3) is 0.591. The highest BCUT2D eigenvalue weighted by Crippen LogP contribution is 2.46. The van der Waals surface area contributed by atoms with E-state index >= 15 is 0 Å². The molecule has 9 heteroatoms. The Bertz CT molecular complexity index is 961. The van der Waals surface area contributed by atoms with Gasteiger partial charge in [0.05, 0.1) is 10.6 Å². The summed E-state index contributed by atoms with van der Waals surface area (Å²) in [4.78, 5) is 39.1. The number of amides is 4. The minimum atomic E-state index is -3.41. The largest absolute Gasteiger partial charge is 0.355 e. The molecule has 1 aliphatic heterocycles. The van der Waals surface area contributed by atoms with Gasteiger partial charge in [-0.2, -0.15) is 0 Å². The summed E-state index contributed by atoms with van der Waals surface area (Å²) >= 11 is 0. The second-order valence-electron chi connectivity index (χ2n) is 9.59. The van der Waals surface area contributed by atoms with Crippen LogP contribution < -0.4 is 10.6 Å². The summed E-state index contributed by atoms with van der Waals surface area (Å²) in [6.07, 6.45) is 2.32. The van der Waals surface area contributed by atoms with Gasteiger partial charge in [-0.1, -0.05) is 39.0 Å². The van der Waals surface area contributed by atoms with Crippen LogP contribution in [0.3, 0.4) is 0 Å². The van der Waals surface area contributed by atoms with Gasteiger partial charge in [-0.15, -0.1) is 0 Å². The number of rotatable bonds is 7. The van der Waals surface area contributed by atoms with E-state index in [-0.39, 0.29) is 47.4 Å². The molecule has 2 unspecified atom stereocenters. The predicted molar refractivity (Wildman–Crippen MR) is 116 cm³/mol. The lowest BCUT2D eigenvalue weighted by atomic mass is 9.64. The smallest absolute Gasteiger partial charge is 0.325 e. The Morgan fingerprint density at radius 1 is 1.19 bits per heavy atom. The van der Waals surface area contributed by atoms with Crippen molar-refractivity contribution in [1.29, 1.82) is 0 Å². The molecule has 2 aliphatic rings. The minimum absolute atomic E-state index is 0.0802. The van der Waals surface area contributed by atoms with Crippen LogP contribution in [0, 0.1) is 11.3 Å². The molecule has 31 heavy (non-hydrogen) atoms. The molecule has 0 aromatic heterocycles. The third-order valence-electron chi connectivity index (χ3n) is 5.94. The Hall–Kier alpha value is -2.42. The van der Waals surface area contributed by atoms with Gasteiger partial charge in [-0.3, -0.25) is 14.5 Å². The summed E-state index contributed by atoms with van der Waals surface area (Å²) in [6, 6.07) is 7.59. The summed E-state index contributed by atoms with van der Waals surface area (Å²) in [5.74, 6) is -0.649. The van der Waals surface area contributed by atoms with Crippen LogP contribution in [0.5, 0.6) is 0 Å². The number of hydrogen-bond acceptors (Lipinski definition) is 5. The number of urea groups is 1. The van der Waals surface area contributed by atoms with Crippen LogP contribution in [-0.2, 0) is 19.4 Å². The van der Waals surface area contributed by atoms with Crippen molar-refractivity contribution in [1.82, 2.24) is 15.5 Å². The first-order valence-corrected chi connectivity index (χ1v) is 12.3. The Labute approximate surface area is 183 Å². The maximum Gasteiger partial charge on any atom is 0.325 e. The van der Waals surface area contributed by atoms with E-state index in [0.717, 1.165) is 11.3 Å². The lowest BCUT2D eigenvalue weighted by Gasteiger charge is -2.43. The zero-order valence-corrected chi connectivity index (χ0v) is 19.1. The molecular weight excluding hydrogens is 418 g/mol. The first-order valence-electron chi connectivity index (χ1n) is 10.6. The van der Waals surface area contributed by atoms with Crippen LogP contribution in [0.15, 0.2) is 35.2 Å². The van der Waals surface area contributed by atoms with E-state index in [9.17, 15) is 22.8 Å². The molecule has 1 spiro atoms. The third-order valence-corrected chi connectivity index (χ3v) is 7.76. The zero-order valence-electron chi connectivity index (χ0n) is 18.3. The first kappa shape index (κ1) is 23.2. The Balaban J connectivity index is 1.52. The summed E-state index contributed by atoms with van der Waals surface area (Å²) in [5, 5.41) is 5.46. The average Bonchev–Trinajstić information content (AvgIpc) is 2.87. The maximum absolute atomic E-state index is 13.1. The quantitative estimate of drug-likeness (QED) is 0.489. The maximum atomic E-state index is 13.1. The molecule has 0 radical (unpaired) electrons. The van der Waals surface area contributed by atoms with Crippen LogP contribution in [0.1, 0.15) is 46.5 Å². The molecule has 1 aromatic carbocycles. The highest BCUT2D eigenvalue weighted by molar-refractivity contribution is 7.91. The van der Waals surface area contributed by atoms with E-state index in [1.54, 1.807) is 18.2 Å². The second-order valence-corrected chi connectivity index (χ2v) is 11.7. The van der Waals surface area contributed by atoms with Gasteiger partial charge in [0, 0.05) is 6.54 Å². The number of carbonyl (C=O) groups excluding carboxylic acids is 3. The highest BCUT2D eigenvalue weighted by atomic mass is 32.2. The summed E-state index contributed by atoms with van der Waals surface area (Å²) in [5.41, 5.74) is -1.02. The number of sulfone groups is 1. The van der Waals surface area contributed by atoms with Crippen molar-refractivity contribution in [2.24, 2.45) is 11.3 Å². The van der Waals surface area contributed by atoms with Gasteiger partial charge in [0.2, 0.25) is 5.91 Å². The minimum Gasteiger partial charge on any atom is -0.355 e. The van der Waals surface area contributed by atoms with E-state index in [0.29, 0.717) is 12.8 Å². The molecule has 4 amide bonds. The number of benzene rings is 1. The lowest BCUT2D eigenvalue weighted by molar-refractivity contribution is -0.137. The molecule has 8 nitrogen and oxygen atoms in total. The standard InChI is InChI=1S/C22H31N3O5S/c1-16-12-21(2,3)15-22(13-16)19(27)25(20(28)24-22)14-18(26)23-10-7-11-31(29,30)17-8-5-4-6-9-17/h4-6,8-9,16H,7,10-15H2,1-3H3,(H,23,26)(H,24,28). The number of nitrogens with zero attached hydrogens (tertiary/aromatic N) is 1. The van der Waals surface area contributed by atoms with Crippen molar-refractivity contribution in [2.45, 2.75) is 56.9 Å². The van der Waals surface area contributed by atoms with Gasteiger partial charge in [0.1, 0.15) is 12.1 Å². The van der Waals surface area contributed by atoms with Gasteiger partial charge in [0.15, 0.2) is 9.84 Å². The normalized spacial score (nSPS) is 25.5. The fourth-order valence-electron chi connectivity index (χ4n) is 5.08. The Morgan fingerprint density at radius 3 is 2.52 bits per heavy atom. The van der Waals surface area contributed by atoms with Gasteiger partial charge < -0.3 is 10.6 Å². The van der Waals surface area contributed by atoms with Crippen molar-refractivity contribution >= 4 is 27.7 Å². The molecule has 170 valence electrons. The van der Waals surface area contributed by atoms with Crippen molar-refractivity contribution < 1.29 is 22.8 Å². The topological polar surface area (TPSA) is 113 Å². The number of carbonyl (C=O) groups is 3. The van der Waals surface area contributed by atoms with Crippen LogP contribution >= 0.6 is 0 Å². The molecule has 2 fully saturated rings. The van der Waals surface area contributed by atoms with E-state index in [1.165, 1.54) is 12.1 Å². The van der Waals surface area contributed by atoms with Crippen molar-refractivity contribution in [3.63, 3.8) is 0 Å². The first-order chi connectivity index (χ1) is 14.4. The van der Waals surface area contributed by atoms with Crippen LogP contribution in [0.25, 0.3) is 0 Å². The molecule has 1 saturated carbocycles. The van der Waals surface area contributed by atoms with E-state index in [4.69, 9.17) is 0 Å². The molecule has 1 saturated heterocycles. The van der Waals surface area contributed by atoms with Gasteiger partial charge in [-0.05, 0) is 49.1 Å². The SMILES string of the molecule is CC1CC(C)(C)CC2(C1)NC(=O)N(CC(=O)NCCCS(=O)(=O)c1ccccc1)C2=O. The molecule has 2 atom stereocenters. The average molecular weight is 450 g/mol. The van der Waals surface area contributed by atoms with Crippen molar-refractivity contribution in [3.8, 4) is 0 Å². The van der Waals surface area contributed by atoms with Crippen LogP contribution in [-0.4, -0.2) is 55.5 Å². The number of hydrogen-bond donors (Lipinski definition) is 2. The van der Waals surface area contributed by atoms with Crippen LogP contribution in [0.2, 0.25) is 0 Å². The van der Waals surface area contributed by atoms with Crippen molar-refractivity contribution in [2.75, 3.05) is 18.8 Å². The summed E-state index contributed by atoms with van der Waals surface area (Å²) < 4.78 is 24.5. The molecule has 2 N–H and O–H groups in total.